The summed E-state index contributed by atoms with van der Waals surface area (Å²) in [6.07, 6.45) is 1.00. The number of nitro benzene ring substituents is 1. The van der Waals surface area contributed by atoms with E-state index < -0.39 is 4.92 Å². The Morgan fingerprint density at radius 3 is 2.43 bits per heavy atom. The van der Waals surface area contributed by atoms with Gasteiger partial charge in [-0.25, -0.2) is 0 Å². The molecule has 0 aliphatic heterocycles. The number of benzene rings is 2. The Labute approximate surface area is 123 Å². The minimum Gasteiger partial charge on any atom is -0.381 e. The van der Waals surface area contributed by atoms with E-state index in [0.717, 1.165) is 12.0 Å². The van der Waals surface area contributed by atoms with Gasteiger partial charge < -0.3 is 5.32 Å². The van der Waals surface area contributed by atoms with E-state index in [1.165, 1.54) is 17.7 Å². The van der Waals surface area contributed by atoms with Gasteiger partial charge in [-0.15, -0.1) is 0 Å². The molecule has 2 aromatic carbocycles. The van der Waals surface area contributed by atoms with E-state index in [-0.39, 0.29) is 11.3 Å². The van der Waals surface area contributed by atoms with Gasteiger partial charge in [0.15, 0.2) is 0 Å². The molecule has 21 heavy (non-hydrogen) atoms. The number of anilines is 1. The van der Waals surface area contributed by atoms with Crippen LogP contribution in [0.1, 0.15) is 23.6 Å². The number of hydrogen-bond donors (Lipinski definition) is 1. The SMILES string of the molecule is CCc1ccc(CNc2ccc([N+](=O)[O-])c(C#N)c2)cc1. The van der Waals surface area contributed by atoms with Crippen molar-refractivity contribution in [3.8, 4) is 6.07 Å². The van der Waals surface area contributed by atoms with Crippen molar-refractivity contribution in [1.29, 1.82) is 5.26 Å². The zero-order valence-electron chi connectivity index (χ0n) is 11.7. The third kappa shape index (κ3) is 3.57. The van der Waals surface area contributed by atoms with E-state index in [9.17, 15) is 10.1 Å². The Balaban J connectivity index is 2.09. The van der Waals surface area contributed by atoms with E-state index in [0.29, 0.717) is 12.2 Å². The fourth-order valence-corrected chi connectivity index (χ4v) is 1.99. The maximum absolute atomic E-state index is 10.8. The van der Waals surface area contributed by atoms with Crippen molar-refractivity contribution in [3.05, 3.63) is 69.3 Å². The van der Waals surface area contributed by atoms with Crippen molar-refractivity contribution >= 4 is 11.4 Å². The standard InChI is InChI=1S/C16H15N3O2/c1-2-12-3-5-13(6-4-12)11-18-15-7-8-16(19(20)21)14(9-15)10-17/h3-9,18H,2,11H2,1H3. The van der Waals surface area contributed by atoms with Crippen molar-refractivity contribution in [2.24, 2.45) is 0 Å². The molecule has 2 rings (SSSR count). The van der Waals surface area contributed by atoms with Gasteiger partial charge in [-0.1, -0.05) is 31.2 Å². The second-order valence-corrected chi connectivity index (χ2v) is 4.62. The molecule has 5 nitrogen and oxygen atoms in total. The molecular formula is C16H15N3O2. The van der Waals surface area contributed by atoms with Crippen molar-refractivity contribution in [1.82, 2.24) is 0 Å². The molecule has 0 aliphatic rings. The largest absolute Gasteiger partial charge is 0.381 e. The summed E-state index contributed by atoms with van der Waals surface area (Å²) in [7, 11) is 0. The van der Waals surface area contributed by atoms with Gasteiger partial charge in [0.1, 0.15) is 11.6 Å². The van der Waals surface area contributed by atoms with Crippen LogP contribution in [0.5, 0.6) is 0 Å². The summed E-state index contributed by atoms with van der Waals surface area (Å²) in [5.41, 5.74) is 2.98. The van der Waals surface area contributed by atoms with Crippen LogP contribution in [-0.2, 0) is 13.0 Å². The summed E-state index contributed by atoms with van der Waals surface area (Å²) in [6, 6.07) is 14.5. The Bertz CT molecular complexity index is 688. The lowest BCUT2D eigenvalue weighted by Crippen LogP contribution is -2.01. The highest BCUT2D eigenvalue weighted by Gasteiger charge is 2.13. The summed E-state index contributed by atoms with van der Waals surface area (Å²) >= 11 is 0. The molecule has 0 bridgehead atoms. The minimum absolute atomic E-state index is 0.0614. The molecule has 0 amide bonds. The predicted molar refractivity (Wildman–Crippen MR) is 81.0 cm³/mol. The van der Waals surface area contributed by atoms with Crippen molar-refractivity contribution in [3.63, 3.8) is 0 Å². The molecule has 0 atom stereocenters. The lowest BCUT2D eigenvalue weighted by molar-refractivity contribution is -0.385. The highest BCUT2D eigenvalue weighted by molar-refractivity contribution is 5.58. The van der Waals surface area contributed by atoms with Crippen molar-refractivity contribution in [2.45, 2.75) is 19.9 Å². The minimum atomic E-state index is -0.550. The first-order valence-electron chi connectivity index (χ1n) is 6.64. The van der Waals surface area contributed by atoms with Gasteiger partial charge in [-0.3, -0.25) is 10.1 Å². The number of aryl methyl sites for hydroxylation is 1. The number of nitro groups is 1. The molecule has 2 aromatic rings. The van der Waals surface area contributed by atoms with E-state index in [4.69, 9.17) is 5.26 Å². The zero-order valence-corrected chi connectivity index (χ0v) is 11.7. The normalized spacial score (nSPS) is 9.90. The average molecular weight is 281 g/mol. The quantitative estimate of drug-likeness (QED) is 0.670. The van der Waals surface area contributed by atoms with Crippen LogP contribution in [0, 0.1) is 21.4 Å². The van der Waals surface area contributed by atoms with E-state index in [2.05, 4.69) is 24.4 Å². The summed E-state index contributed by atoms with van der Waals surface area (Å²) in [4.78, 5) is 10.2. The van der Waals surface area contributed by atoms with Crippen LogP contribution in [0.15, 0.2) is 42.5 Å². The molecule has 0 aromatic heterocycles. The van der Waals surface area contributed by atoms with Crippen LogP contribution in [-0.4, -0.2) is 4.92 Å². The van der Waals surface area contributed by atoms with Crippen LogP contribution in [0.3, 0.4) is 0 Å². The Morgan fingerprint density at radius 1 is 1.19 bits per heavy atom. The van der Waals surface area contributed by atoms with E-state index in [1.54, 1.807) is 6.07 Å². The first kappa shape index (κ1) is 14.5. The molecule has 5 heteroatoms. The van der Waals surface area contributed by atoms with Crippen molar-refractivity contribution in [2.75, 3.05) is 5.32 Å². The topological polar surface area (TPSA) is 79.0 Å². The molecule has 0 saturated heterocycles. The molecular weight excluding hydrogens is 266 g/mol. The summed E-state index contributed by atoms with van der Waals surface area (Å²) in [5.74, 6) is 0. The molecule has 0 heterocycles. The van der Waals surface area contributed by atoms with Crippen LogP contribution < -0.4 is 5.32 Å². The molecule has 0 radical (unpaired) electrons. The van der Waals surface area contributed by atoms with Gasteiger partial charge in [0.2, 0.25) is 0 Å². The molecule has 0 fully saturated rings. The zero-order chi connectivity index (χ0) is 15.2. The molecule has 0 unspecified atom stereocenters. The second-order valence-electron chi connectivity index (χ2n) is 4.62. The van der Waals surface area contributed by atoms with E-state index >= 15 is 0 Å². The maximum Gasteiger partial charge on any atom is 0.287 e. The summed E-state index contributed by atoms with van der Waals surface area (Å²) < 4.78 is 0. The van der Waals surface area contributed by atoms with Crippen LogP contribution in [0.2, 0.25) is 0 Å². The fourth-order valence-electron chi connectivity index (χ4n) is 1.99. The lowest BCUT2D eigenvalue weighted by atomic mass is 10.1. The number of rotatable bonds is 5. The van der Waals surface area contributed by atoms with Gasteiger partial charge >= 0.3 is 0 Å². The van der Waals surface area contributed by atoms with Gasteiger partial charge in [0, 0.05) is 18.3 Å². The van der Waals surface area contributed by atoms with Gasteiger partial charge in [0.05, 0.1) is 4.92 Å². The number of nitriles is 1. The number of hydrogen-bond acceptors (Lipinski definition) is 4. The average Bonchev–Trinajstić information content (AvgIpc) is 2.52. The highest BCUT2D eigenvalue weighted by Crippen LogP contribution is 2.22. The first-order valence-corrected chi connectivity index (χ1v) is 6.64. The van der Waals surface area contributed by atoms with Crippen LogP contribution in [0.4, 0.5) is 11.4 Å². The highest BCUT2D eigenvalue weighted by atomic mass is 16.6. The summed E-state index contributed by atoms with van der Waals surface area (Å²) in [6.45, 7) is 2.71. The lowest BCUT2D eigenvalue weighted by Gasteiger charge is -2.07. The van der Waals surface area contributed by atoms with Gasteiger partial charge in [-0.05, 0) is 29.7 Å². The predicted octanol–water partition coefficient (Wildman–Crippen LogP) is 3.64. The molecule has 0 saturated carbocycles. The molecule has 0 spiro atoms. The fraction of sp³-hybridized carbons (Fsp3) is 0.188. The molecule has 0 aliphatic carbocycles. The van der Waals surface area contributed by atoms with Crippen LogP contribution in [0.25, 0.3) is 0 Å². The smallest absolute Gasteiger partial charge is 0.287 e. The van der Waals surface area contributed by atoms with Crippen molar-refractivity contribution < 1.29 is 4.92 Å². The monoisotopic (exact) mass is 281 g/mol. The Morgan fingerprint density at radius 2 is 1.86 bits per heavy atom. The number of nitrogens with one attached hydrogen (secondary N) is 1. The van der Waals surface area contributed by atoms with Gasteiger partial charge in [-0.2, -0.15) is 5.26 Å². The Hall–Kier alpha value is -2.87. The summed E-state index contributed by atoms with van der Waals surface area (Å²) in [5, 5.41) is 22.9. The maximum atomic E-state index is 10.8. The third-order valence-corrected chi connectivity index (χ3v) is 3.24. The number of nitrogens with zero attached hydrogens (tertiary/aromatic N) is 2. The van der Waals surface area contributed by atoms with Gasteiger partial charge in [0.25, 0.3) is 5.69 Å². The molecule has 1 N–H and O–H groups in total. The third-order valence-electron chi connectivity index (χ3n) is 3.24. The van der Waals surface area contributed by atoms with E-state index in [1.807, 2.05) is 18.2 Å². The molecule has 106 valence electrons. The first-order chi connectivity index (χ1) is 10.1. The Kier molecular flexibility index (Phi) is 4.52. The second kappa shape index (κ2) is 6.53. The van der Waals surface area contributed by atoms with Crippen LogP contribution >= 0.6 is 0 Å².